The maximum Gasteiger partial charge on any atom is 0.259 e. The number of benzene rings is 1. The molecule has 1 amide bonds. The van der Waals surface area contributed by atoms with Gasteiger partial charge in [-0.1, -0.05) is 19.1 Å². The SMILES string of the molecule is CCCOc1ccccc1NC(=O)c1c(C)coc1C. The summed E-state index contributed by atoms with van der Waals surface area (Å²) in [5.41, 5.74) is 2.08. The lowest BCUT2D eigenvalue weighted by molar-refractivity contribution is 0.102. The van der Waals surface area contributed by atoms with Crippen molar-refractivity contribution in [3.05, 3.63) is 47.4 Å². The van der Waals surface area contributed by atoms with Crippen molar-refractivity contribution in [2.24, 2.45) is 0 Å². The number of hydrogen-bond donors (Lipinski definition) is 1. The third-order valence-electron chi connectivity index (χ3n) is 2.98. The third kappa shape index (κ3) is 3.02. The fourth-order valence-corrected chi connectivity index (χ4v) is 2.00. The van der Waals surface area contributed by atoms with Gasteiger partial charge in [-0.05, 0) is 32.4 Å². The Morgan fingerprint density at radius 1 is 1.30 bits per heavy atom. The van der Waals surface area contributed by atoms with Gasteiger partial charge in [-0.2, -0.15) is 0 Å². The van der Waals surface area contributed by atoms with Gasteiger partial charge in [0, 0.05) is 5.56 Å². The summed E-state index contributed by atoms with van der Waals surface area (Å²) in [6, 6.07) is 7.42. The molecule has 1 aromatic carbocycles. The molecular weight excluding hydrogens is 254 g/mol. The number of para-hydroxylation sites is 2. The largest absolute Gasteiger partial charge is 0.491 e. The van der Waals surface area contributed by atoms with Crippen molar-refractivity contribution in [1.82, 2.24) is 0 Å². The first kappa shape index (κ1) is 14.2. The van der Waals surface area contributed by atoms with Crippen LogP contribution in [-0.4, -0.2) is 12.5 Å². The Hall–Kier alpha value is -2.23. The molecule has 0 atom stereocenters. The Kier molecular flexibility index (Phi) is 4.45. The molecule has 0 aliphatic carbocycles. The Labute approximate surface area is 118 Å². The highest BCUT2D eigenvalue weighted by molar-refractivity contribution is 6.06. The summed E-state index contributed by atoms with van der Waals surface area (Å²) in [7, 11) is 0. The highest BCUT2D eigenvalue weighted by Gasteiger charge is 2.17. The smallest absolute Gasteiger partial charge is 0.259 e. The van der Waals surface area contributed by atoms with E-state index in [-0.39, 0.29) is 5.91 Å². The number of nitrogens with one attached hydrogen (secondary N) is 1. The molecule has 0 aliphatic rings. The topological polar surface area (TPSA) is 51.5 Å². The number of ether oxygens (including phenoxy) is 1. The van der Waals surface area contributed by atoms with Gasteiger partial charge in [-0.25, -0.2) is 0 Å². The molecule has 4 heteroatoms. The van der Waals surface area contributed by atoms with Gasteiger partial charge < -0.3 is 14.5 Å². The molecule has 1 aromatic heterocycles. The molecule has 0 saturated heterocycles. The Balaban J connectivity index is 2.20. The summed E-state index contributed by atoms with van der Waals surface area (Å²) in [4.78, 5) is 12.3. The van der Waals surface area contributed by atoms with Crippen LogP contribution in [0.1, 0.15) is 35.0 Å². The van der Waals surface area contributed by atoms with E-state index in [0.717, 1.165) is 12.0 Å². The normalized spacial score (nSPS) is 10.3. The van der Waals surface area contributed by atoms with Crippen LogP contribution >= 0.6 is 0 Å². The third-order valence-corrected chi connectivity index (χ3v) is 2.98. The standard InChI is InChI=1S/C16H19NO3/c1-4-9-19-14-8-6-5-7-13(14)17-16(18)15-11(2)10-20-12(15)3/h5-8,10H,4,9H2,1-3H3,(H,17,18). The van der Waals surface area contributed by atoms with E-state index in [1.54, 1.807) is 13.2 Å². The van der Waals surface area contributed by atoms with E-state index in [1.165, 1.54) is 0 Å². The van der Waals surface area contributed by atoms with Crippen molar-refractivity contribution in [3.63, 3.8) is 0 Å². The predicted molar refractivity (Wildman–Crippen MR) is 78.4 cm³/mol. The minimum Gasteiger partial charge on any atom is -0.491 e. The van der Waals surface area contributed by atoms with Crippen molar-refractivity contribution in [1.29, 1.82) is 0 Å². The van der Waals surface area contributed by atoms with Gasteiger partial charge in [-0.15, -0.1) is 0 Å². The van der Waals surface area contributed by atoms with Gasteiger partial charge in [0.25, 0.3) is 5.91 Å². The molecule has 20 heavy (non-hydrogen) atoms. The second-order valence-corrected chi connectivity index (χ2v) is 4.65. The van der Waals surface area contributed by atoms with Gasteiger partial charge in [0.2, 0.25) is 0 Å². The monoisotopic (exact) mass is 273 g/mol. The molecule has 0 unspecified atom stereocenters. The van der Waals surface area contributed by atoms with E-state index in [9.17, 15) is 4.79 Å². The fraction of sp³-hybridized carbons (Fsp3) is 0.312. The zero-order valence-electron chi connectivity index (χ0n) is 12.0. The van der Waals surface area contributed by atoms with E-state index < -0.39 is 0 Å². The molecule has 0 saturated carbocycles. The van der Waals surface area contributed by atoms with Crippen LogP contribution in [-0.2, 0) is 0 Å². The van der Waals surface area contributed by atoms with Crippen molar-refractivity contribution in [3.8, 4) is 5.75 Å². The lowest BCUT2D eigenvalue weighted by atomic mass is 10.1. The first-order chi connectivity index (χ1) is 9.63. The lowest BCUT2D eigenvalue weighted by Crippen LogP contribution is -2.14. The summed E-state index contributed by atoms with van der Waals surface area (Å²) in [6.45, 7) is 6.29. The molecule has 0 spiro atoms. The van der Waals surface area contributed by atoms with E-state index in [1.807, 2.05) is 38.1 Å². The molecule has 2 aromatic rings. The molecule has 2 rings (SSSR count). The van der Waals surface area contributed by atoms with Crippen LogP contribution in [0.3, 0.4) is 0 Å². The summed E-state index contributed by atoms with van der Waals surface area (Å²) in [5.74, 6) is 1.12. The molecule has 4 nitrogen and oxygen atoms in total. The van der Waals surface area contributed by atoms with Crippen LogP contribution < -0.4 is 10.1 Å². The maximum atomic E-state index is 12.3. The van der Waals surface area contributed by atoms with Gasteiger partial charge in [0.05, 0.1) is 24.1 Å². The number of rotatable bonds is 5. The number of carbonyl (C=O) groups is 1. The molecule has 0 aliphatic heterocycles. The quantitative estimate of drug-likeness (QED) is 0.897. The Bertz CT molecular complexity index is 582. The van der Waals surface area contributed by atoms with Gasteiger partial charge in [0.1, 0.15) is 11.5 Å². The highest BCUT2D eigenvalue weighted by Crippen LogP contribution is 2.25. The van der Waals surface area contributed by atoms with E-state index in [4.69, 9.17) is 9.15 Å². The van der Waals surface area contributed by atoms with Crippen LogP contribution in [0.4, 0.5) is 5.69 Å². The molecule has 0 radical (unpaired) electrons. The molecular formula is C16H19NO3. The Morgan fingerprint density at radius 3 is 2.70 bits per heavy atom. The second-order valence-electron chi connectivity index (χ2n) is 4.65. The number of aryl methyl sites for hydroxylation is 2. The van der Waals surface area contributed by atoms with Crippen molar-refractivity contribution < 1.29 is 13.9 Å². The second kappa shape index (κ2) is 6.28. The predicted octanol–water partition coefficient (Wildman–Crippen LogP) is 3.94. The number of furan rings is 1. The van der Waals surface area contributed by atoms with Crippen LogP contribution in [0.5, 0.6) is 5.75 Å². The first-order valence-corrected chi connectivity index (χ1v) is 6.71. The van der Waals surface area contributed by atoms with E-state index in [2.05, 4.69) is 5.32 Å². The molecule has 106 valence electrons. The van der Waals surface area contributed by atoms with Crippen molar-refractivity contribution in [2.75, 3.05) is 11.9 Å². The Morgan fingerprint density at radius 2 is 2.05 bits per heavy atom. The van der Waals surface area contributed by atoms with Crippen LogP contribution in [0, 0.1) is 13.8 Å². The van der Waals surface area contributed by atoms with E-state index in [0.29, 0.717) is 29.4 Å². The zero-order chi connectivity index (χ0) is 14.5. The molecule has 0 fully saturated rings. The van der Waals surface area contributed by atoms with Gasteiger partial charge in [-0.3, -0.25) is 4.79 Å². The summed E-state index contributed by atoms with van der Waals surface area (Å²) in [5, 5.41) is 2.88. The van der Waals surface area contributed by atoms with E-state index >= 15 is 0 Å². The number of anilines is 1. The van der Waals surface area contributed by atoms with Crippen LogP contribution in [0.2, 0.25) is 0 Å². The summed E-state index contributed by atoms with van der Waals surface area (Å²) in [6.07, 6.45) is 2.51. The van der Waals surface area contributed by atoms with Gasteiger partial charge in [0.15, 0.2) is 0 Å². The average molecular weight is 273 g/mol. The van der Waals surface area contributed by atoms with Crippen LogP contribution in [0.25, 0.3) is 0 Å². The first-order valence-electron chi connectivity index (χ1n) is 6.71. The van der Waals surface area contributed by atoms with Crippen LogP contribution in [0.15, 0.2) is 34.9 Å². The van der Waals surface area contributed by atoms with Crippen molar-refractivity contribution in [2.45, 2.75) is 27.2 Å². The number of hydrogen-bond acceptors (Lipinski definition) is 3. The van der Waals surface area contributed by atoms with Crippen molar-refractivity contribution >= 4 is 11.6 Å². The summed E-state index contributed by atoms with van der Waals surface area (Å²) >= 11 is 0. The highest BCUT2D eigenvalue weighted by atomic mass is 16.5. The maximum absolute atomic E-state index is 12.3. The zero-order valence-corrected chi connectivity index (χ0v) is 12.0. The number of carbonyl (C=O) groups excluding carboxylic acids is 1. The van der Waals surface area contributed by atoms with Gasteiger partial charge >= 0.3 is 0 Å². The molecule has 1 N–H and O–H groups in total. The molecule has 0 bridgehead atoms. The average Bonchev–Trinajstić information content (AvgIpc) is 2.77. The minimum absolute atomic E-state index is 0.179. The minimum atomic E-state index is -0.179. The number of amides is 1. The lowest BCUT2D eigenvalue weighted by Gasteiger charge is -2.12. The summed E-state index contributed by atoms with van der Waals surface area (Å²) < 4.78 is 10.9. The fourth-order valence-electron chi connectivity index (χ4n) is 2.00. The molecule has 1 heterocycles.